The van der Waals surface area contributed by atoms with E-state index in [1.807, 2.05) is 17.0 Å². The summed E-state index contributed by atoms with van der Waals surface area (Å²) in [5.41, 5.74) is 0.798. The number of amides is 1. The Morgan fingerprint density at radius 3 is 2.43 bits per heavy atom. The van der Waals surface area contributed by atoms with Gasteiger partial charge in [-0.2, -0.15) is 0 Å². The first-order valence-electron chi connectivity index (χ1n) is 11.8. The van der Waals surface area contributed by atoms with Crippen molar-refractivity contribution in [2.75, 3.05) is 26.2 Å². The number of ether oxygens (including phenoxy) is 1. The first kappa shape index (κ1) is 21.2. The number of hydrogen-bond acceptors (Lipinski definition) is 3. The van der Waals surface area contributed by atoms with Crippen LogP contribution >= 0.6 is 0 Å². The van der Waals surface area contributed by atoms with Crippen LogP contribution in [0.5, 0.6) is 5.75 Å². The molecule has 0 bridgehead atoms. The molecule has 162 valence electrons. The summed E-state index contributed by atoms with van der Waals surface area (Å²) in [6.45, 7) is 10.6. The molecule has 0 N–H and O–H groups in total. The summed E-state index contributed by atoms with van der Waals surface area (Å²) < 4.78 is 6.29. The second kappa shape index (κ2) is 9.38. The van der Waals surface area contributed by atoms with Gasteiger partial charge in [-0.25, -0.2) is 0 Å². The van der Waals surface area contributed by atoms with Gasteiger partial charge in [0.1, 0.15) is 11.9 Å². The summed E-state index contributed by atoms with van der Waals surface area (Å²) in [6, 6.07) is 13.0. The van der Waals surface area contributed by atoms with E-state index in [0.29, 0.717) is 18.1 Å². The zero-order chi connectivity index (χ0) is 21.1. The Kier molecular flexibility index (Phi) is 6.62. The molecule has 0 unspecified atom stereocenters. The Morgan fingerprint density at radius 1 is 1.07 bits per heavy atom. The van der Waals surface area contributed by atoms with Crippen molar-refractivity contribution >= 4 is 16.7 Å². The molecule has 1 saturated heterocycles. The number of hydrogen-bond donors (Lipinski definition) is 0. The van der Waals surface area contributed by atoms with Crippen LogP contribution in [-0.2, 0) is 0 Å². The van der Waals surface area contributed by atoms with Crippen LogP contribution < -0.4 is 4.74 Å². The number of carbonyl (C=O) groups is 1. The second-order valence-electron chi connectivity index (χ2n) is 9.37. The van der Waals surface area contributed by atoms with E-state index >= 15 is 0 Å². The molecule has 1 aliphatic carbocycles. The normalized spacial score (nSPS) is 18.1. The minimum absolute atomic E-state index is 0.169. The van der Waals surface area contributed by atoms with Crippen LogP contribution in [0.2, 0.25) is 0 Å². The van der Waals surface area contributed by atoms with Gasteiger partial charge in [-0.1, -0.05) is 19.1 Å². The van der Waals surface area contributed by atoms with Gasteiger partial charge in [0.2, 0.25) is 0 Å². The van der Waals surface area contributed by atoms with Gasteiger partial charge in [0.05, 0.1) is 0 Å². The van der Waals surface area contributed by atoms with Crippen LogP contribution in [0.4, 0.5) is 0 Å². The molecule has 0 atom stereocenters. The van der Waals surface area contributed by atoms with E-state index in [-0.39, 0.29) is 5.91 Å². The van der Waals surface area contributed by atoms with Crippen molar-refractivity contribution in [3.05, 3.63) is 42.0 Å². The predicted octanol–water partition coefficient (Wildman–Crippen LogP) is 5.35. The molecular weight excluding hydrogens is 372 g/mol. The summed E-state index contributed by atoms with van der Waals surface area (Å²) in [7, 11) is 0. The minimum atomic E-state index is 0.169. The van der Waals surface area contributed by atoms with Crippen molar-refractivity contribution in [3.8, 4) is 5.75 Å². The summed E-state index contributed by atoms with van der Waals surface area (Å²) in [5, 5.41) is 2.23. The molecule has 2 fully saturated rings. The molecule has 0 radical (unpaired) electrons. The third-order valence-corrected chi connectivity index (χ3v) is 6.52. The number of fused-ring (bicyclic) bond motifs is 1. The lowest BCUT2D eigenvalue weighted by atomic mass is 10.0. The number of benzene rings is 2. The van der Waals surface area contributed by atoms with Gasteiger partial charge >= 0.3 is 0 Å². The molecule has 0 spiro atoms. The number of nitrogens with zero attached hydrogens (tertiary/aromatic N) is 2. The van der Waals surface area contributed by atoms with Crippen molar-refractivity contribution in [3.63, 3.8) is 0 Å². The molecular formula is C26H36N2O2. The Hall–Kier alpha value is -2.07. The molecule has 1 aliphatic heterocycles. The maximum Gasteiger partial charge on any atom is 0.253 e. The molecule has 2 aromatic carbocycles. The molecule has 1 amide bonds. The molecule has 2 aromatic rings. The van der Waals surface area contributed by atoms with Crippen molar-refractivity contribution in [1.29, 1.82) is 0 Å². The lowest BCUT2D eigenvalue weighted by Gasteiger charge is -2.34. The first-order chi connectivity index (χ1) is 14.5. The number of likely N-dealkylation sites (tertiary alicyclic amines) is 1. The van der Waals surface area contributed by atoms with E-state index < -0.39 is 0 Å². The lowest BCUT2D eigenvalue weighted by molar-refractivity contribution is 0.0748. The Bertz CT molecular complexity index is 866. The molecule has 4 nitrogen and oxygen atoms in total. The van der Waals surface area contributed by atoms with Gasteiger partial charge in [-0.3, -0.25) is 4.79 Å². The fraction of sp³-hybridized carbons (Fsp3) is 0.577. The molecule has 4 rings (SSSR count). The maximum absolute atomic E-state index is 13.0. The highest BCUT2D eigenvalue weighted by atomic mass is 16.5. The maximum atomic E-state index is 13.0. The van der Waals surface area contributed by atoms with Crippen LogP contribution in [0.3, 0.4) is 0 Å². The molecule has 0 aromatic heterocycles. The second-order valence-corrected chi connectivity index (χ2v) is 9.37. The average Bonchev–Trinajstić information content (AvgIpc) is 3.57. The molecule has 1 heterocycles. The van der Waals surface area contributed by atoms with Crippen LogP contribution in [0.15, 0.2) is 36.4 Å². The predicted molar refractivity (Wildman–Crippen MR) is 123 cm³/mol. The number of rotatable bonds is 8. The summed E-state index contributed by atoms with van der Waals surface area (Å²) in [5.74, 6) is 1.82. The van der Waals surface area contributed by atoms with Crippen molar-refractivity contribution in [2.24, 2.45) is 5.92 Å². The van der Waals surface area contributed by atoms with Gasteiger partial charge in [0.15, 0.2) is 0 Å². The zero-order valence-corrected chi connectivity index (χ0v) is 18.8. The van der Waals surface area contributed by atoms with Crippen LogP contribution in [0.25, 0.3) is 10.8 Å². The Morgan fingerprint density at radius 2 is 1.77 bits per heavy atom. The fourth-order valence-electron chi connectivity index (χ4n) is 4.47. The Labute approximate surface area is 181 Å². The molecule has 1 saturated carbocycles. The smallest absolute Gasteiger partial charge is 0.253 e. The summed E-state index contributed by atoms with van der Waals surface area (Å²) >= 11 is 0. The van der Waals surface area contributed by atoms with E-state index in [9.17, 15) is 4.79 Å². The highest BCUT2D eigenvalue weighted by molar-refractivity contribution is 5.98. The standard InChI is InChI=1S/C26H36N2O2/c1-4-13-28(18-20-5-6-20)26(29)23-8-7-22-17-25(10-9-21(22)16-23)30-24-11-14-27(15-12-24)19(2)3/h7-10,16-17,19-20,24H,4-6,11-15,18H2,1-3H3. The monoisotopic (exact) mass is 408 g/mol. The SMILES string of the molecule is CCCN(CC1CC1)C(=O)c1ccc2cc(OC3CCN(C(C)C)CC3)ccc2c1. The van der Waals surface area contributed by atoms with Crippen molar-refractivity contribution < 1.29 is 9.53 Å². The van der Waals surface area contributed by atoms with E-state index in [1.165, 1.54) is 12.8 Å². The number of carbonyl (C=O) groups excluding carboxylic acids is 1. The van der Waals surface area contributed by atoms with Gasteiger partial charge in [-0.15, -0.1) is 0 Å². The zero-order valence-electron chi connectivity index (χ0n) is 18.8. The van der Waals surface area contributed by atoms with E-state index in [2.05, 4.69) is 49.9 Å². The fourth-order valence-corrected chi connectivity index (χ4v) is 4.47. The van der Waals surface area contributed by atoms with E-state index in [1.54, 1.807) is 0 Å². The van der Waals surface area contributed by atoms with Crippen LogP contribution in [-0.4, -0.2) is 54.0 Å². The highest BCUT2D eigenvalue weighted by Gasteiger charge is 2.27. The molecule has 4 heteroatoms. The lowest BCUT2D eigenvalue weighted by Crippen LogP contribution is -2.41. The average molecular weight is 409 g/mol. The minimum Gasteiger partial charge on any atom is -0.490 e. The first-order valence-corrected chi connectivity index (χ1v) is 11.8. The van der Waals surface area contributed by atoms with Gasteiger partial charge < -0.3 is 14.5 Å². The third-order valence-electron chi connectivity index (χ3n) is 6.52. The molecule has 2 aliphatic rings. The van der Waals surface area contributed by atoms with Crippen molar-refractivity contribution in [2.45, 2.75) is 65.0 Å². The molecule has 30 heavy (non-hydrogen) atoms. The van der Waals surface area contributed by atoms with Crippen LogP contribution in [0.1, 0.15) is 63.2 Å². The van der Waals surface area contributed by atoms with Gasteiger partial charge in [0, 0.05) is 37.8 Å². The Balaban J connectivity index is 1.42. The van der Waals surface area contributed by atoms with E-state index in [0.717, 1.165) is 67.5 Å². The number of piperidine rings is 1. The van der Waals surface area contributed by atoms with Gasteiger partial charge in [0.25, 0.3) is 5.91 Å². The summed E-state index contributed by atoms with van der Waals surface area (Å²) in [6.07, 6.45) is 6.00. The topological polar surface area (TPSA) is 32.8 Å². The van der Waals surface area contributed by atoms with E-state index in [4.69, 9.17) is 4.74 Å². The largest absolute Gasteiger partial charge is 0.490 e. The van der Waals surface area contributed by atoms with Gasteiger partial charge in [-0.05, 0) is 86.9 Å². The van der Waals surface area contributed by atoms with Crippen LogP contribution in [0, 0.1) is 5.92 Å². The third kappa shape index (κ3) is 5.15. The quantitative estimate of drug-likeness (QED) is 0.590. The highest BCUT2D eigenvalue weighted by Crippen LogP contribution is 2.31. The van der Waals surface area contributed by atoms with Crippen molar-refractivity contribution in [1.82, 2.24) is 9.80 Å². The summed E-state index contributed by atoms with van der Waals surface area (Å²) in [4.78, 5) is 17.6.